The van der Waals surface area contributed by atoms with Gasteiger partial charge in [0, 0.05) is 13.0 Å². The quantitative estimate of drug-likeness (QED) is 0.877. The van der Waals surface area contributed by atoms with Gasteiger partial charge in [-0.3, -0.25) is 0 Å². The summed E-state index contributed by atoms with van der Waals surface area (Å²) in [5.74, 6) is 1.37. The Bertz CT molecular complexity index is 423. The molecule has 0 bridgehead atoms. The van der Waals surface area contributed by atoms with Crippen LogP contribution in [0.4, 0.5) is 0 Å². The third-order valence-corrected chi connectivity index (χ3v) is 3.94. The average Bonchev–Trinajstić information content (AvgIpc) is 2.39. The molecule has 0 aliphatic carbocycles. The van der Waals surface area contributed by atoms with Gasteiger partial charge in [0.05, 0.1) is 12.7 Å². The van der Waals surface area contributed by atoms with Gasteiger partial charge >= 0.3 is 0 Å². The topological polar surface area (TPSA) is 41.5 Å². The van der Waals surface area contributed by atoms with E-state index in [4.69, 9.17) is 4.74 Å². The largest absolute Gasteiger partial charge is 0.496 e. The third-order valence-electron chi connectivity index (χ3n) is 3.94. The number of hydrogen-bond acceptors (Lipinski definition) is 3. The van der Waals surface area contributed by atoms with E-state index in [2.05, 4.69) is 31.3 Å². The molecule has 19 heavy (non-hydrogen) atoms. The summed E-state index contributed by atoms with van der Waals surface area (Å²) >= 11 is 0. The maximum atomic E-state index is 10.7. The highest BCUT2D eigenvalue weighted by Gasteiger charge is 2.30. The van der Waals surface area contributed by atoms with Crippen LogP contribution in [-0.4, -0.2) is 30.9 Å². The summed E-state index contributed by atoms with van der Waals surface area (Å²) in [7, 11) is 1.69. The van der Waals surface area contributed by atoms with Gasteiger partial charge in [-0.25, -0.2) is 0 Å². The number of hydrogen-bond donors (Lipinski definition) is 2. The zero-order valence-corrected chi connectivity index (χ0v) is 12.2. The summed E-state index contributed by atoms with van der Waals surface area (Å²) in [4.78, 5) is 0. The Kier molecular flexibility index (Phi) is 4.48. The molecule has 1 aromatic rings. The fourth-order valence-electron chi connectivity index (χ4n) is 2.75. The van der Waals surface area contributed by atoms with Crippen LogP contribution in [0.15, 0.2) is 18.2 Å². The average molecular weight is 263 g/mol. The number of nitrogens with one attached hydrogen (secondary N) is 1. The van der Waals surface area contributed by atoms with Crippen LogP contribution in [0.25, 0.3) is 0 Å². The zero-order chi connectivity index (χ0) is 13.9. The first kappa shape index (κ1) is 14.4. The lowest BCUT2D eigenvalue weighted by molar-refractivity contribution is 0.0164. The van der Waals surface area contributed by atoms with Crippen molar-refractivity contribution >= 4 is 0 Å². The molecule has 1 fully saturated rings. The first-order valence-corrected chi connectivity index (χ1v) is 7.14. The third kappa shape index (κ3) is 3.48. The van der Waals surface area contributed by atoms with Crippen molar-refractivity contribution in [3.05, 3.63) is 29.3 Å². The van der Waals surface area contributed by atoms with Gasteiger partial charge in [0.1, 0.15) is 5.75 Å². The Labute approximate surface area is 116 Å². The molecule has 3 heteroatoms. The van der Waals surface area contributed by atoms with E-state index in [0.717, 1.165) is 30.7 Å². The van der Waals surface area contributed by atoms with E-state index in [1.165, 1.54) is 5.56 Å². The van der Waals surface area contributed by atoms with Crippen molar-refractivity contribution in [2.75, 3.05) is 20.2 Å². The van der Waals surface area contributed by atoms with E-state index in [0.29, 0.717) is 18.9 Å². The van der Waals surface area contributed by atoms with Crippen molar-refractivity contribution in [1.29, 1.82) is 0 Å². The summed E-state index contributed by atoms with van der Waals surface area (Å²) in [6, 6.07) is 6.30. The molecule has 1 saturated heterocycles. The number of ether oxygens (including phenoxy) is 1. The molecule has 1 aliphatic heterocycles. The van der Waals surface area contributed by atoms with Crippen molar-refractivity contribution in [1.82, 2.24) is 5.32 Å². The molecule has 0 amide bonds. The molecule has 0 aromatic heterocycles. The van der Waals surface area contributed by atoms with E-state index in [1.807, 2.05) is 6.07 Å². The molecular formula is C16H25NO2. The molecule has 1 unspecified atom stereocenters. The van der Waals surface area contributed by atoms with E-state index in [9.17, 15) is 5.11 Å². The highest BCUT2D eigenvalue weighted by atomic mass is 16.5. The van der Waals surface area contributed by atoms with Gasteiger partial charge in [-0.15, -0.1) is 0 Å². The maximum absolute atomic E-state index is 10.7. The molecule has 1 aliphatic rings. The Morgan fingerprint density at radius 1 is 1.42 bits per heavy atom. The summed E-state index contributed by atoms with van der Waals surface area (Å²) in [5, 5.41) is 13.9. The van der Waals surface area contributed by atoms with Gasteiger partial charge in [-0.05, 0) is 42.5 Å². The minimum Gasteiger partial charge on any atom is -0.496 e. The molecule has 3 nitrogen and oxygen atoms in total. The van der Waals surface area contributed by atoms with Gasteiger partial charge < -0.3 is 15.2 Å². The van der Waals surface area contributed by atoms with Crippen molar-refractivity contribution < 1.29 is 9.84 Å². The molecule has 1 atom stereocenters. The summed E-state index contributed by atoms with van der Waals surface area (Å²) in [6.45, 7) is 6.04. The van der Waals surface area contributed by atoms with Crippen LogP contribution in [-0.2, 0) is 6.42 Å². The lowest BCUT2D eigenvalue weighted by Crippen LogP contribution is -2.47. The van der Waals surface area contributed by atoms with E-state index >= 15 is 0 Å². The summed E-state index contributed by atoms with van der Waals surface area (Å²) < 4.78 is 5.44. The van der Waals surface area contributed by atoms with E-state index in [-0.39, 0.29) is 0 Å². The molecule has 1 heterocycles. The van der Waals surface area contributed by atoms with Crippen LogP contribution >= 0.6 is 0 Å². The lowest BCUT2D eigenvalue weighted by Gasteiger charge is -2.33. The Morgan fingerprint density at radius 2 is 2.21 bits per heavy atom. The fraction of sp³-hybridized carbons (Fsp3) is 0.625. The monoisotopic (exact) mass is 263 g/mol. The van der Waals surface area contributed by atoms with E-state index < -0.39 is 5.60 Å². The Balaban J connectivity index is 2.23. The van der Waals surface area contributed by atoms with Crippen LogP contribution < -0.4 is 10.1 Å². The van der Waals surface area contributed by atoms with Crippen LogP contribution in [0.3, 0.4) is 0 Å². The molecule has 2 N–H and O–H groups in total. The van der Waals surface area contributed by atoms with Crippen LogP contribution in [0.1, 0.15) is 43.7 Å². The molecule has 106 valence electrons. The number of rotatable bonds is 4. The molecular weight excluding hydrogens is 238 g/mol. The maximum Gasteiger partial charge on any atom is 0.122 e. The molecule has 2 rings (SSSR count). The normalized spacial score (nSPS) is 23.6. The highest BCUT2D eigenvalue weighted by molar-refractivity contribution is 5.39. The predicted octanol–water partition coefficient (Wildman–Crippen LogP) is 2.48. The number of aliphatic hydroxyl groups is 1. The highest BCUT2D eigenvalue weighted by Crippen LogP contribution is 2.29. The summed E-state index contributed by atoms with van der Waals surface area (Å²) in [6.07, 6.45) is 2.54. The van der Waals surface area contributed by atoms with Gasteiger partial charge in [-0.2, -0.15) is 0 Å². The first-order chi connectivity index (χ1) is 9.04. The molecule has 0 radical (unpaired) electrons. The second kappa shape index (κ2) is 5.93. The minimum absolute atomic E-state index is 0.490. The van der Waals surface area contributed by atoms with Gasteiger partial charge in [0.15, 0.2) is 0 Å². The van der Waals surface area contributed by atoms with Crippen molar-refractivity contribution in [3.63, 3.8) is 0 Å². The van der Waals surface area contributed by atoms with Crippen molar-refractivity contribution in [2.24, 2.45) is 0 Å². The van der Waals surface area contributed by atoms with Crippen molar-refractivity contribution in [2.45, 2.75) is 44.6 Å². The molecule has 1 aromatic carbocycles. The summed E-state index contributed by atoms with van der Waals surface area (Å²) in [5.41, 5.74) is 1.77. The number of β-amino-alcohol motifs (C(OH)–C–C–N with tert-alkyl or cyclic N) is 1. The number of piperidine rings is 1. The number of methoxy groups -OCH3 is 1. The van der Waals surface area contributed by atoms with Crippen LogP contribution in [0, 0.1) is 0 Å². The van der Waals surface area contributed by atoms with Gasteiger partial charge in [0.25, 0.3) is 0 Å². The van der Waals surface area contributed by atoms with Gasteiger partial charge in [-0.1, -0.05) is 26.0 Å². The van der Waals surface area contributed by atoms with Crippen molar-refractivity contribution in [3.8, 4) is 5.75 Å². The Hall–Kier alpha value is -1.06. The smallest absolute Gasteiger partial charge is 0.122 e. The first-order valence-electron chi connectivity index (χ1n) is 7.14. The predicted molar refractivity (Wildman–Crippen MR) is 77.8 cm³/mol. The fourth-order valence-corrected chi connectivity index (χ4v) is 2.75. The molecule has 0 spiro atoms. The van der Waals surface area contributed by atoms with Gasteiger partial charge in [0.2, 0.25) is 0 Å². The molecule has 0 saturated carbocycles. The van der Waals surface area contributed by atoms with E-state index in [1.54, 1.807) is 7.11 Å². The van der Waals surface area contributed by atoms with Crippen LogP contribution in [0.2, 0.25) is 0 Å². The number of benzene rings is 1. The lowest BCUT2D eigenvalue weighted by atomic mass is 9.86. The second-order valence-electron chi connectivity index (χ2n) is 5.91. The Morgan fingerprint density at radius 3 is 2.79 bits per heavy atom. The van der Waals surface area contributed by atoms with Crippen LogP contribution in [0.5, 0.6) is 5.75 Å². The second-order valence-corrected chi connectivity index (χ2v) is 5.91. The minimum atomic E-state index is -0.638. The zero-order valence-electron chi connectivity index (χ0n) is 12.2. The standard InChI is InChI=1S/C16H25NO2/c1-12(2)13-5-6-15(19-3)14(9-13)10-16(18)7-4-8-17-11-16/h5-6,9,12,17-18H,4,7-8,10-11H2,1-3H3. The SMILES string of the molecule is COc1ccc(C(C)C)cc1CC1(O)CCCNC1.